The average molecular weight is 323 g/mol. The molecule has 1 aliphatic rings. The van der Waals surface area contributed by atoms with Crippen LogP contribution in [0.3, 0.4) is 0 Å². The molecule has 108 valence electrons. The van der Waals surface area contributed by atoms with Crippen LogP contribution in [0.4, 0.5) is 5.13 Å². The van der Waals surface area contributed by atoms with Crippen LogP contribution < -0.4 is 10.1 Å². The molecule has 0 aliphatic carbocycles. The van der Waals surface area contributed by atoms with Gasteiger partial charge in [-0.05, 0) is 23.8 Å². The van der Waals surface area contributed by atoms with Gasteiger partial charge in [0.2, 0.25) is 0 Å². The van der Waals surface area contributed by atoms with Crippen LogP contribution in [0.25, 0.3) is 0 Å². The Morgan fingerprint density at radius 2 is 2.29 bits per heavy atom. The Morgan fingerprint density at radius 3 is 3.00 bits per heavy atom. The number of rotatable bonds is 3. The fourth-order valence-electron chi connectivity index (χ4n) is 2.04. The average Bonchev–Trinajstić information content (AvgIpc) is 3.04. The van der Waals surface area contributed by atoms with E-state index in [1.54, 1.807) is 23.6 Å². The van der Waals surface area contributed by atoms with Gasteiger partial charge in [0.25, 0.3) is 5.91 Å². The molecule has 1 amide bonds. The minimum absolute atomic E-state index is 0.133. The number of anilines is 1. The first-order valence-electron chi connectivity index (χ1n) is 6.25. The zero-order chi connectivity index (χ0) is 15.0. The molecule has 0 unspecified atom stereocenters. The molecule has 0 spiro atoms. The van der Waals surface area contributed by atoms with Crippen molar-refractivity contribution in [3.8, 4) is 5.75 Å². The highest BCUT2D eigenvalue weighted by atomic mass is 35.5. The highest BCUT2D eigenvalue weighted by Gasteiger charge is 2.29. The molecule has 1 aromatic heterocycles. The van der Waals surface area contributed by atoms with Crippen LogP contribution in [0, 0.1) is 0 Å². The van der Waals surface area contributed by atoms with E-state index in [4.69, 9.17) is 16.3 Å². The fourth-order valence-corrected chi connectivity index (χ4v) is 2.99. The summed E-state index contributed by atoms with van der Waals surface area (Å²) in [5, 5.41) is 5.29. The lowest BCUT2D eigenvalue weighted by Gasteiger charge is -2.09. The Kier molecular flexibility index (Phi) is 3.65. The number of carbonyl (C=O) groups excluding carboxylic acids is 2. The Balaban J connectivity index is 1.68. The third-order valence-electron chi connectivity index (χ3n) is 3.08. The van der Waals surface area contributed by atoms with E-state index >= 15 is 0 Å². The first-order valence-corrected chi connectivity index (χ1v) is 7.51. The molecule has 21 heavy (non-hydrogen) atoms. The number of nitrogens with zero attached hydrogens (tertiary/aromatic N) is 1. The summed E-state index contributed by atoms with van der Waals surface area (Å²) in [5.74, 6) is 0.251. The summed E-state index contributed by atoms with van der Waals surface area (Å²) in [4.78, 5) is 27.4. The van der Waals surface area contributed by atoms with Crippen LogP contribution in [-0.4, -0.2) is 22.8 Å². The van der Waals surface area contributed by atoms with Gasteiger partial charge in [0.15, 0.2) is 17.0 Å². The second-order valence-corrected chi connectivity index (χ2v) is 5.94. The van der Waals surface area contributed by atoms with E-state index in [-0.39, 0.29) is 11.7 Å². The SMILES string of the molecule is CC(=O)c1csc(NC(=O)[C@@H]2Cc3cc(Cl)ccc3O2)n1. The summed E-state index contributed by atoms with van der Waals surface area (Å²) < 4.78 is 5.59. The van der Waals surface area contributed by atoms with Gasteiger partial charge in [-0.2, -0.15) is 0 Å². The maximum absolute atomic E-state index is 12.2. The monoisotopic (exact) mass is 322 g/mol. The molecule has 2 aromatic rings. The van der Waals surface area contributed by atoms with Crippen molar-refractivity contribution >= 4 is 39.8 Å². The maximum atomic E-state index is 12.2. The molecule has 1 atom stereocenters. The summed E-state index contributed by atoms with van der Waals surface area (Å²) in [6.07, 6.45) is -0.143. The second-order valence-electron chi connectivity index (χ2n) is 4.65. The van der Waals surface area contributed by atoms with Crippen molar-refractivity contribution in [2.75, 3.05) is 5.32 Å². The van der Waals surface area contributed by atoms with Gasteiger partial charge in [-0.1, -0.05) is 11.6 Å². The van der Waals surface area contributed by atoms with Gasteiger partial charge < -0.3 is 4.74 Å². The normalized spacial score (nSPS) is 16.2. The molecule has 7 heteroatoms. The summed E-state index contributed by atoms with van der Waals surface area (Å²) >= 11 is 7.13. The first kappa shape index (κ1) is 14.0. The number of thiazole rings is 1. The van der Waals surface area contributed by atoms with Gasteiger partial charge in [-0.3, -0.25) is 14.9 Å². The predicted octanol–water partition coefficient (Wildman–Crippen LogP) is 2.94. The number of nitrogens with one attached hydrogen (secondary N) is 1. The molecule has 0 fully saturated rings. The minimum Gasteiger partial charge on any atom is -0.480 e. The summed E-state index contributed by atoms with van der Waals surface area (Å²) in [7, 11) is 0. The third kappa shape index (κ3) is 2.91. The lowest BCUT2D eigenvalue weighted by atomic mass is 10.1. The maximum Gasteiger partial charge on any atom is 0.267 e. The number of ketones is 1. The van der Waals surface area contributed by atoms with E-state index in [0.717, 1.165) is 5.56 Å². The van der Waals surface area contributed by atoms with Crippen molar-refractivity contribution < 1.29 is 14.3 Å². The smallest absolute Gasteiger partial charge is 0.267 e. The minimum atomic E-state index is -0.608. The first-order chi connectivity index (χ1) is 10.0. The molecule has 0 radical (unpaired) electrons. The molecule has 5 nitrogen and oxygen atoms in total. The molecular weight excluding hydrogens is 312 g/mol. The number of fused-ring (bicyclic) bond motifs is 1. The number of ether oxygens (including phenoxy) is 1. The van der Waals surface area contributed by atoms with Crippen molar-refractivity contribution in [3.63, 3.8) is 0 Å². The number of carbonyl (C=O) groups is 2. The molecule has 3 rings (SSSR count). The molecule has 2 heterocycles. The number of halogens is 1. The predicted molar refractivity (Wildman–Crippen MR) is 80.3 cm³/mol. The Hall–Kier alpha value is -1.92. The van der Waals surface area contributed by atoms with Gasteiger partial charge >= 0.3 is 0 Å². The summed E-state index contributed by atoms with van der Waals surface area (Å²) in [6, 6.07) is 5.27. The van der Waals surface area contributed by atoms with Crippen LogP contribution in [0.15, 0.2) is 23.6 Å². The number of benzene rings is 1. The number of hydrogen-bond acceptors (Lipinski definition) is 5. The molecule has 0 bridgehead atoms. The third-order valence-corrected chi connectivity index (χ3v) is 4.08. The van der Waals surface area contributed by atoms with Crippen LogP contribution in [-0.2, 0) is 11.2 Å². The van der Waals surface area contributed by atoms with Crippen LogP contribution >= 0.6 is 22.9 Å². The van der Waals surface area contributed by atoms with Gasteiger partial charge in [0, 0.05) is 23.7 Å². The van der Waals surface area contributed by atoms with Gasteiger partial charge in [-0.15, -0.1) is 11.3 Å². The van der Waals surface area contributed by atoms with E-state index in [1.165, 1.54) is 18.3 Å². The topological polar surface area (TPSA) is 68.3 Å². The lowest BCUT2D eigenvalue weighted by molar-refractivity contribution is -0.122. The van der Waals surface area contributed by atoms with Crippen LogP contribution in [0.5, 0.6) is 5.75 Å². The Morgan fingerprint density at radius 1 is 1.48 bits per heavy atom. The highest BCUT2D eigenvalue weighted by molar-refractivity contribution is 7.14. The number of hydrogen-bond donors (Lipinski definition) is 1. The van der Waals surface area contributed by atoms with Gasteiger partial charge in [0.05, 0.1) is 0 Å². The van der Waals surface area contributed by atoms with E-state index in [1.807, 2.05) is 0 Å². The van der Waals surface area contributed by atoms with Crippen LogP contribution in [0.2, 0.25) is 5.02 Å². The standard InChI is InChI=1S/C14H11ClN2O3S/c1-7(18)10-6-21-14(16-10)17-13(19)12-5-8-4-9(15)2-3-11(8)20-12/h2-4,6,12H,5H2,1H3,(H,16,17,19)/t12-/m0/s1. The van der Waals surface area contributed by atoms with Crippen molar-refractivity contribution in [3.05, 3.63) is 39.9 Å². The van der Waals surface area contributed by atoms with Crippen LogP contribution in [0.1, 0.15) is 23.0 Å². The number of aromatic nitrogens is 1. The zero-order valence-corrected chi connectivity index (χ0v) is 12.6. The quantitative estimate of drug-likeness (QED) is 0.882. The molecule has 1 N–H and O–H groups in total. The zero-order valence-electron chi connectivity index (χ0n) is 11.1. The van der Waals surface area contributed by atoms with E-state index in [0.29, 0.717) is 28.0 Å². The molecular formula is C14H11ClN2O3S. The van der Waals surface area contributed by atoms with E-state index in [2.05, 4.69) is 10.3 Å². The number of Topliss-reactive ketones (excluding diaryl/α,β-unsaturated/α-hetero) is 1. The number of amides is 1. The van der Waals surface area contributed by atoms with Crippen molar-refractivity contribution in [2.45, 2.75) is 19.4 Å². The van der Waals surface area contributed by atoms with Crippen molar-refractivity contribution in [1.29, 1.82) is 0 Å². The van der Waals surface area contributed by atoms with Crippen molar-refractivity contribution in [2.24, 2.45) is 0 Å². The summed E-state index contributed by atoms with van der Waals surface area (Å²) in [5.41, 5.74) is 1.25. The van der Waals surface area contributed by atoms with Gasteiger partial charge in [-0.25, -0.2) is 4.98 Å². The molecule has 1 aromatic carbocycles. The fraction of sp³-hybridized carbons (Fsp3) is 0.214. The molecule has 1 aliphatic heterocycles. The van der Waals surface area contributed by atoms with Crippen molar-refractivity contribution in [1.82, 2.24) is 4.98 Å². The van der Waals surface area contributed by atoms with Gasteiger partial charge in [0.1, 0.15) is 11.4 Å². The van der Waals surface area contributed by atoms with E-state index < -0.39 is 6.10 Å². The lowest BCUT2D eigenvalue weighted by Crippen LogP contribution is -2.31. The largest absolute Gasteiger partial charge is 0.480 e. The highest BCUT2D eigenvalue weighted by Crippen LogP contribution is 2.31. The molecule has 0 saturated heterocycles. The summed E-state index contributed by atoms with van der Waals surface area (Å²) in [6.45, 7) is 1.43. The van der Waals surface area contributed by atoms with E-state index in [9.17, 15) is 9.59 Å². The second kappa shape index (κ2) is 5.46. The Labute approximate surface area is 129 Å². The Bertz CT molecular complexity index is 729. The molecule has 0 saturated carbocycles.